The van der Waals surface area contributed by atoms with Crippen molar-refractivity contribution in [2.45, 2.75) is 33.5 Å². The molecule has 0 spiro atoms. The first-order valence-electron chi connectivity index (χ1n) is 9.08. The number of ether oxygens (including phenoxy) is 1. The first-order chi connectivity index (χ1) is 13.3. The molecule has 0 bridgehead atoms. The van der Waals surface area contributed by atoms with E-state index in [2.05, 4.69) is 31.2 Å². The van der Waals surface area contributed by atoms with Crippen molar-refractivity contribution >= 4 is 12.2 Å². The zero-order chi connectivity index (χ0) is 20.3. The number of hydrogen-bond donors (Lipinski definition) is 1. The Balaban J connectivity index is 1.84. The van der Waals surface area contributed by atoms with Crippen molar-refractivity contribution in [3.63, 3.8) is 0 Å². The fourth-order valence-electron chi connectivity index (χ4n) is 3.20. The van der Waals surface area contributed by atoms with Crippen LogP contribution in [-0.4, -0.2) is 21.5 Å². The molecule has 3 aromatic rings. The highest BCUT2D eigenvalue weighted by atomic mass is 32.1. The molecule has 0 radical (unpaired) electrons. The van der Waals surface area contributed by atoms with Gasteiger partial charge in [0.25, 0.3) is 0 Å². The summed E-state index contributed by atoms with van der Waals surface area (Å²) in [7, 11) is 1.63. The highest BCUT2D eigenvalue weighted by Crippen LogP contribution is 2.33. The van der Waals surface area contributed by atoms with E-state index in [4.69, 9.17) is 17.0 Å². The van der Waals surface area contributed by atoms with Crippen molar-refractivity contribution in [1.29, 1.82) is 0 Å². The van der Waals surface area contributed by atoms with Crippen LogP contribution >= 0.6 is 12.2 Å². The third kappa shape index (κ3) is 4.31. The Kier molecular flexibility index (Phi) is 5.96. The van der Waals surface area contributed by atoms with Gasteiger partial charge < -0.3 is 4.74 Å². The van der Waals surface area contributed by atoms with Gasteiger partial charge in [-0.05, 0) is 47.5 Å². The lowest BCUT2D eigenvalue weighted by Crippen LogP contribution is -2.34. The predicted molar refractivity (Wildman–Crippen MR) is 111 cm³/mol. The van der Waals surface area contributed by atoms with Gasteiger partial charge >= 0.3 is 0 Å². The Morgan fingerprint density at radius 1 is 1.14 bits per heavy atom. The van der Waals surface area contributed by atoms with Crippen molar-refractivity contribution in [2.24, 2.45) is 5.41 Å². The van der Waals surface area contributed by atoms with Crippen molar-refractivity contribution < 1.29 is 9.13 Å². The predicted octanol–water partition coefficient (Wildman–Crippen LogP) is 4.89. The molecule has 0 aliphatic heterocycles. The topological polar surface area (TPSA) is 44.0 Å². The van der Waals surface area contributed by atoms with Crippen LogP contribution in [0.15, 0.2) is 54.9 Å². The van der Waals surface area contributed by atoms with E-state index in [-0.39, 0.29) is 17.3 Å². The molecule has 28 heavy (non-hydrogen) atoms. The first-order valence-corrected chi connectivity index (χ1v) is 9.49. The zero-order valence-corrected chi connectivity index (χ0v) is 17.3. The van der Waals surface area contributed by atoms with Crippen molar-refractivity contribution in [1.82, 2.24) is 19.7 Å². The zero-order valence-electron chi connectivity index (χ0n) is 16.5. The normalized spacial score (nSPS) is 12.8. The second-order valence-corrected chi connectivity index (χ2v) is 8.03. The molecule has 3 rings (SSSR count). The smallest absolute Gasteiger partial charge is 0.203 e. The quantitative estimate of drug-likeness (QED) is 0.599. The molecule has 0 saturated heterocycles. The van der Waals surface area contributed by atoms with Gasteiger partial charge in [0, 0.05) is 6.04 Å². The SMILES string of the molecule is COc1ccccc1-n1cnn(CNC(c2ccc(F)cc2)C(C)(C)C)c1=S. The van der Waals surface area contributed by atoms with Crippen LogP contribution in [0.1, 0.15) is 32.4 Å². The number of nitrogens with one attached hydrogen (secondary N) is 1. The summed E-state index contributed by atoms with van der Waals surface area (Å²) in [5.41, 5.74) is 1.78. The molecule has 1 atom stereocenters. The summed E-state index contributed by atoms with van der Waals surface area (Å²) < 4.78 is 22.8. The second kappa shape index (κ2) is 8.24. The molecular weight excluding hydrogens is 375 g/mol. The van der Waals surface area contributed by atoms with Gasteiger partial charge in [0.05, 0.1) is 19.5 Å². The summed E-state index contributed by atoms with van der Waals surface area (Å²) in [6.07, 6.45) is 1.69. The van der Waals surface area contributed by atoms with Crippen LogP contribution in [0.25, 0.3) is 5.69 Å². The summed E-state index contributed by atoms with van der Waals surface area (Å²) in [6.45, 7) is 6.85. The van der Waals surface area contributed by atoms with Crippen LogP contribution in [-0.2, 0) is 6.67 Å². The van der Waals surface area contributed by atoms with Gasteiger partial charge in [-0.3, -0.25) is 9.88 Å². The van der Waals surface area contributed by atoms with Gasteiger partial charge in [0.2, 0.25) is 4.77 Å². The number of rotatable bonds is 6. The highest BCUT2D eigenvalue weighted by Gasteiger charge is 2.26. The molecule has 2 aromatic carbocycles. The third-order valence-electron chi connectivity index (χ3n) is 4.59. The van der Waals surface area contributed by atoms with Gasteiger partial charge in [-0.15, -0.1) is 0 Å². The van der Waals surface area contributed by atoms with E-state index in [1.165, 1.54) is 12.1 Å². The molecular formula is C21H25FN4OS. The number of aromatic nitrogens is 3. The molecule has 1 heterocycles. The lowest BCUT2D eigenvalue weighted by atomic mass is 9.82. The molecule has 7 heteroatoms. The Labute approximate surface area is 169 Å². The average molecular weight is 401 g/mol. The lowest BCUT2D eigenvalue weighted by Gasteiger charge is -2.32. The molecule has 0 fully saturated rings. The minimum Gasteiger partial charge on any atom is -0.495 e. The molecule has 0 saturated carbocycles. The Hall–Kier alpha value is -2.51. The summed E-state index contributed by atoms with van der Waals surface area (Å²) in [4.78, 5) is 0. The number of benzene rings is 2. The monoisotopic (exact) mass is 400 g/mol. The summed E-state index contributed by atoms with van der Waals surface area (Å²) in [6, 6.07) is 14.3. The third-order valence-corrected chi connectivity index (χ3v) is 5.00. The number of hydrogen-bond acceptors (Lipinski definition) is 4. The first kappa shape index (κ1) is 20.2. The van der Waals surface area contributed by atoms with Gasteiger partial charge in [-0.2, -0.15) is 5.10 Å². The summed E-state index contributed by atoms with van der Waals surface area (Å²) in [5.74, 6) is 0.485. The van der Waals surface area contributed by atoms with Gasteiger partial charge in [0.1, 0.15) is 17.9 Å². The van der Waals surface area contributed by atoms with Crippen LogP contribution in [0.2, 0.25) is 0 Å². The van der Waals surface area contributed by atoms with Crippen LogP contribution in [0.5, 0.6) is 5.75 Å². The molecule has 1 unspecified atom stereocenters. The average Bonchev–Trinajstić information content (AvgIpc) is 3.02. The fourth-order valence-corrected chi connectivity index (χ4v) is 3.45. The van der Waals surface area contributed by atoms with Gasteiger partial charge in [-0.25, -0.2) is 9.07 Å². The Morgan fingerprint density at radius 2 is 1.82 bits per heavy atom. The molecule has 0 aliphatic rings. The van der Waals surface area contributed by atoms with Crippen molar-refractivity contribution in [2.75, 3.05) is 7.11 Å². The molecule has 0 amide bonds. The number of methoxy groups -OCH3 is 1. The van der Waals surface area contributed by atoms with Crippen LogP contribution in [0, 0.1) is 16.0 Å². The standard InChI is InChI=1S/C21H25FN4OS/c1-21(2,3)19(15-9-11-16(22)12-10-15)23-13-26-20(28)25(14-24-26)17-7-5-6-8-18(17)27-4/h5-12,14,19,23H,13H2,1-4H3. The van der Waals surface area contributed by atoms with E-state index in [0.717, 1.165) is 17.0 Å². The van der Waals surface area contributed by atoms with E-state index in [1.54, 1.807) is 18.1 Å². The molecule has 148 valence electrons. The Morgan fingerprint density at radius 3 is 2.46 bits per heavy atom. The maximum absolute atomic E-state index is 13.3. The highest BCUT2D eigenvalue weighted by molar-refractivity contribution is 7.71. The summed E-state index contributed by atoms with van der Waals surface area (Å²) in [5, 5.41) is 7.94. The number of nitrogens with zero attached hydrogens (tertiary/aromatic N) is 3. The molecule has 1 aromatic heterocycles. The molecule has 0 aliphatic carbocycles. The minimum atomic E-state index is -0.241. The van der Waals surface area contributed by atoms with Crippen molar-refractivity contribution in [3.8, 4) is 11.4 Å². The van der Waals surface area contributed by atoms with E-state index < -0.39 is 0 Å². The fraction of sp³-hybridized carbons (Fsp3) is 0.333. The maximum atomic E-state index is 13.3. The molecule has 1 N–H and O–H groups in total. The Bertz CT molecular complexity index is 989. The van der Waals surface area contributed by atoms with E-state index in [9.17, 15) is 4.39 Å². The minimum absolute atomic E-state index is 0.00594. The molecule has 5 nitrogen and oxygen atoms in total. The van der Waals surface area contributed by atoms with E-state index in [0.29, 0.717) is 11.4 Å². The van der Waals surface area contributed by atoms with Crippen LogP contribution in [0.3, 0.4) is 0 Å². The van der Waals surface area contributed by atoms with Crippen LogP contribution < -0.4 is 10.1 Å². The van der Waals surface area contributed by atoms with Gasteiger partial charge in [-0.1, -0.05) is 45.0 Å². The number of halogens is 1. The maximum Gasteiger partial charge on any atom is 0.203 e. The van der Waals surface area contributed by atoms with E-state index in [1.807, 2.05) is 41.0 Å². The van der Waals surface area contributed by atoms with E-state index >= 15 is 0 Å². The largest absolute Gasteiger partial charge is 0.495 e. The van der Waals surface area contributed by atoms with Gasteiger partial charge in [0.15, 0.2) is 0 Å². The number of para-hydroxylation sites is 2. The van der Waals surface area contributed by atoms with Crippen molar-refractivity contribution in [3.05, 3.63) is 71.0 Å². The second-order valence-electron chi connectivity index (χ2n) is 7.67. The summed E-state index contributed by atoms with van der Waals surface area (Å²) >= 11 is 5.61. The lowest BCUT2D eigenvalue weighted by molar-refractivity contribution is 0.251. The van der Waals surface area contributed by atoms with Crippen LogP contribution in [0.4, 0.5) is 4.39 Å².